The molecule has 0 saturated heterocycles. The van der Waals surface area contributed by atoms with E-state index in [2.05, 4.69) is 142 Å². The third kappa shape index (κ3) is 8.57. The standard InChI is InChI=1S/C45H51NO3/c1-33(2)44(47)49-43-28-27-36(31-42(43)41(37-19-11-7-12-20-37)29-30-46(34(3)4)35(5)6)32-48-45(38-21-13-8-14-22-38,39-23-15-9-16-24-39)40-25-17-10-18-26-40/h7-28,31,33-35,41H,29-30,32H2,1-6H3/t41-/m1/s1. The van der Waals surface area contributed by atoms with Crippen LogP contribution in [-0.4, -0.2) is 29.5 Å². The number of hydrogen-bond acceptors (Lipinski definition) is 4. The highest BCUT2D eigenvalue weighted by Gasteiger charge is 2.37. The van der Waals surface area contributed by atoms with E-state index in [0.717, 1.165) is 40.8 Å². The molecule has 0 heterocycles. The lowest BCUT2D eigenvalue weighted by Crippen LogP contribution is -2.38. The second-order valence-electron chi connectivity index (χ2n) is 13.7. The highest BCUT2D eigenvalue weighted by molar-refractivity contribution is 5.75. The molecule has 0 aliphatic heterocycles. The maximum Gasteiger partial charge on any atom is 0.313 e. The van der Waals surface area contributed by atoms with Crippen LogP contribution in [0.2, 0.25) is 0 Å². The first kappa shape index (κ1) is 35.8. The van der Waals surface area contributed by atoms with Crippen molar-refractivity contribution in [3.63, 3.8) is 0 Å². The molecule has 0 aromatic heterocycles. The Bertz CT molecular complexity index is 1630. The number of ether oxygens (including phenoxy) is 2. The first-order chi connectivity index (χ1) is 23.7. The Hall–Kier alpha value is -4.51. The Morgan fingerprint density at radius 1 is 0.633 bits per heavy atom. The van der Waals surface area contributed by atoms with Gasteiger partial charge in [0.2, 0.25) is 0 Å². The summed E-state index contributed by atoms with van der Waals surface area (Å²) in [7, 11) is 0. The van der Waals surface area contributed by atoms with Crippen molar-refractivity contribution >= 4 is 5.97 Å². The minimum atomic E-state index is -0.847. The van der Waals surface area contributed by atoms with Crippen LogP contribution in [0.25, 0.3) is 0 Å². The van der Waals surface area contributed by atoms with E-state index in [1.807, 2.05) is 44.2 Å². The van der Waals surface area contributed by atoms with Crippen molar-refractivity contribution in [1.29, 1.82) is 0 Å². The molecule has 254 valence electrons. The fourth-order valence-corrected chi connectivity index (χ4v) is 6.82. The molecule has 5 rings (SSSR count). The lowest BCUT2D eigenvalue weighted by Gasteiger charge is -2.36. The predicted octanol–water partition coefficient (Wildman–Crippen LogP) is 10.4. The Balaban J connectivity index is 1.61. The summed E-state index contributed by atoms with van der Waals surface area (Å²) in [5.74, 6) is 0.140. The van der Waals surface area contributed by atoms with E-state index in [1.165, 1.54) is 5.56 Å². The zero-order valence-corrected chi connectivity index (χ0v) is 29.9. The summed E-state index contributed by atoms with van der Waals surface area (Å²) in [6.07, 6.45) is 0.874. The third-order valence-electron chi connectivity index (χ3n) is 9.33. The monoisotopic (exact) mass is 653 g/mol. The van der Waals surface area contributed by atoms with Crippen LogP contribution in [0.3, 0.4) is 0 Å². The van der Waals surface area contributed by atoms with Gasteiger partial charge >= 0.3 is 5.97 Å². The SMILES string of the molecule is CC(C)C(=O)Oc1ccc(COC(c2ccccc2)(c2ccccc2)c2ccccc2)cc1[C@H](CCN(C(C)C)C(C)C)c1ccccc1. The number of nitrogens with zero attached hydrogens (tertiary/aromatic N) is 1. The molecule has 49 heavy (non-hydrogen) atoms. The molecular formula is C45H51NO3. The quantitative estimate of drug-likeness (QED) is 0.0640. The van der Waals surface area contributed by atoms with Gasteiger partial charge in [0, 0.05) is 23.6 Å². The van der Waals surface area contributed by atoms with E-state index in [4.69, 9.17) is 9.47 Å². The highest BCUT2D eigenvalue weighted by atomic mass is 16.5. The van der Waals surface area contributed by atoms with Gasteiger partial charge < -0.3 is 9.47 Å². The van der Waals surface area contributed by atoms with E-state index in [0.29, 0.717) is 24.4 Å². The topological polar surface area (TPSA) is 38.8 Å². The molecular weight excluding hydrogens is 602 g/mol. The van der Waals surface area contributed by atoms with Crippen molar-refractivity contribution in [3.8, 4) is 5.75 Å². The molecule has 0 unspecified atom stereocenters. The molecule has 5 aromatic carbocycles. The predicted molar refractivity (Wildman–Crippen MR) is 201 cm³/mol. The van der Waals surface area contributed by atoms with Crippen molar-refractivity contribution in [2.75, 3.05) is 6.54 Å². The average Bonchev–Trinajstić information content (AvgIpc) is 3.12. The van der Waals surface area contributed by atoms with Crippen molar-refractivity contribution in [3.05, 3.63) is 173 Å². The van der Waals surface area contributed by atoms with Gasteiger partial charge in [0.15, 0.2) is 0 Å². The number of carbonyl (C=O) groups is 1. The minimum absolute atomic E-state index is 0.0123. The molecule has 0 N–H and O–H groups in total. The van der Waals surface area contributed by atoms with Crippen molar-refractivity contribution < 1.29 is 14.3 Å². The lowest BCUT2D eigenvalue weighted by molar-refractivity contribution is -0.137. The second-order valence-corrected chi connectivity index (χ2v) is 13.7. The lowest BCUT2D eigenvalue weighted by atomic mass is 9.80. The molecule has 4 heteroatoms. The van der Waals surface area contributed by atoms with Crippen LogP contribution in [-0.2, 0) is 21.7 Å². The van der Waals surface area contributed by atoms with Crippen LogP contribution >= 0.6 is 0 Å². The van der Waals surface area contributed by atoms with Crippen LogP contribution in [0.4, 0.5) is 0 Å². The maximum absolute atomic E-state index is 13.0. The molecule has 0 saturated carbocycles. The van der Waals surface area contributed by atoms with Gasteiger partial charge in [-0.05, 0) is 80.6 Å². The molecule has 0 aliphatic carbocycles. The van der Waals surface area contributed by atoms with Gasteiger partial charge in [0.1, 0.15) is 11.4 Å². The molecule has 0 radical (unpaired) electrons. The van der Waals surface area contributed by atoms with Gasteiger partial charge in [-0.25, -0.2) is 0 Å². The molecule has 4 nitrogen and oxygen atoms in total. The normalized spacial score (nSPS) is 12.5. The molecule has 0 spiro atoms. The Kier molecular flexibility index (Phi) is 12.2. The zero-order valence-electron chi connectivity index (χ0n) is 29.9. The average molecular weight is 654 g/mol. The molecule has 5 aromatic rings. The number of rotatable bonds is 15. The summed E-state index contributed by atoms with van der Waals surface area (Å²) in [5.41, 5.74) is 5.53. The summed E-state index contributed by atoms with van der Waals surface area (Å²) in [5, 5.41) is 0. The van der Waals surface area contributed by atoms with Gasteiger partial charge in [0.25, 0.3) is 0 Å². The summed E-state index contributed by atoms with van der Waals surface area (Å²) >= 11 is 0. The Morgan fingerprint density at radius 3 is 1.55 bits per heavy atom. The van der Waals surface area contributed by atoms with Crippen molar-refractivity contribution in [2.24, 2.45) is 5.92 Å². The zero-order chi connectivity index (χ0) is 34.8. The fourth-order valence-electron chi connectivity index (χ4n) is 6.82. The fraction of sp³-hybridized carbons (Fsp3) is 0.311. The molecule has 0 aliphatic rings. The van der Waals surface area contributed by atoms with Crippen LogP contribution in [0.5, 0.6) is 5.75 Å². The first-order valence-electron chi connectivity index (χ1n) is 17.7. The summed E-state index contributed by atoms with van der Waals surface area (Å²) in [6.45, 7) is 14.0. The van der Waals surface area contributed by atoms with Gasteiger partial charge in [-0.3, -0.25) is 9.69 Å². The van der Waals surface area contributed by atoms with Gasteiger partial charge in [-0.2, -0.15) is 0 Å². The largest absolute Gasteiger partial charge is 0.426 e. The second kappa shape index (κ2) is 16.7. The van der Waals surface area contributed by atoms with Crippen LogP contribution < -0.4 is 4.74 Å². The van der Waals surface area contributed by atoms with E-state index in [9.17, 15) is 4.79 Å². The van der Waals surface area contributed by atoms with Crippen LogP contribution in [0.1, 0.15) is 87.3 Å². The molecule has 0 amide bonds. The van der Waals surface area contributed by atoms with Crippen molar-refractivity contribution in [2.45, 2.75) is 78.2 Å². The van der Waals surface area contributed by atoms with Gasteiger partial charge in [0.05, 0.1) is 12.5 Å². The van der Waals surface area contributed by atoms with Crippen LogP contribution in [0.15, 0.2) is 140 Å². The van der Waals surface area contributed by atoms with Gasteiger partial charge in [-0.1, -0.05) is 141 Å². The van der Waals surface area contributed by atoms with Crippen LogP contribution in [0, 0.1) is 5.92 Å². The highest BCUT2D eigenvalue weighted by Crippen LogP contribution is 2.42. The summed E-state index contributed by atoms with van der Waals surface area (Å²) in [6, 6.07) is 49.0. The molecule has 1 atom stereocenters. The first-order valence-corrected chi connectivity index (χ1v) is 17.7. The maximum atomic E-state index is 13.0. The Morgan fingerprint density at radius 2 is 1.10 bits per heavy atom. The van der Waals surface area contributed by atoms with E-state index >= 15 is 0 Å². The molecule has 0 bridgehead atoms. The van der Waals surface area contributed by atoms with E-state index in [-0.39, 0.29) is 17.8 Å². The third-order valence-corrected chi connectivity index (χ3v) is 9.33. The molecule has 0 fully saturated rings. The number of benzene rings is 5. The minimum Gasteiger partial charge on any atom is -0.426 e. The summed E-state index contributed by atoms with van der Waals surface area (Å²) < 4.78 is 13.3. The number of hydrogen-bond donors (Lipinski definition) is 0. The number of esters is 1. The van der Waals surface area contributed by atoms with E-state index in [1.54, 1.807) is 0 Å². The Labute approximate surface area is 293 Å². The number of carbonyl (C=O) groups excluding carboxylic acids is 1. The summed E-state index contributed by atoms with van der Waals surface area (Å²) in [4.78, 5) is 15.6. The van der Waals surface area contributed by atoms with E-state index < -0.39 is 5.60 Å². The van der Waals surface area contributed by atoms with Gasteiger partial charge in [-0.15, -0.1) is 0 Å². The smallest absolute Gasteiger partial charge is 0.313 e. The van der Waals surface area contributed by atoms with Crippen molar-refractivity contribution in [1.82, 2.24) is 4.90 Å².